The lowest BCUT2D eigenvalue weighted by Gasteiger charge is -2.12. The van der Waals surface area contributed by atoms with Gasteiger partial charge < -0.3 is 0 Å². The lowest BCUT2D eigenvalue weighted by Crippen LogP contribution is -1.94. The highest BCUT2D eigenvalue weighted by Gasteiger charge is 2.10. The summed E-state index contributed by atoms with van der Waals surface area (Å²) in [6, 6.07) is 26.4. The Balaban J connectivity index is 1.69. The molecule has 0 amide bonds. The molecule has 0 radical (unpaired) electrons. The Hall–Kier alpha value is -3.17. The monoisotopic (exact) mass is 381 g/mol. The Labute approximate surface area is 164 Å². The molecule has 136 valence electrons. The zero-order valence-corrected chi connectivity index (χ0v) is 16.3. The van der Waals surface area contributed by atoms with Gasteiger partial charge in [-0.05, 0) is 63.0 Å². The van der Waals surface area contributed by atoms with Gasteiger partial charge in [0.2, 0.25) is 0 Å². The van der Waals surface area contributed by atoms with Crippen LogP contribution in [0.15, 0.2) is 89.2 Å². The maximum Gasteiger partial charge on any atom is 0.0943 e. The second kappa shape index (κ2) is 6.18. The van der Waals surface area contributed by atoms with Gasteiger partial charge in [0.1, 0.15) is 0 Å². The Kier molecular flexibility index (Phi) is 3.74. The molecule has 0 spiro atoms. The first-order chi connectivity index (χ1) is 13.5. The van der Waals surface area contributed by atoms with Gasteiger partial charge in [-0.1, -0.05) is 72.3 Å². The lowest BCUT2D eigenvalue weighted by molar-refractivity contribution is 0.681. The minimum absolute atomic E-state index is 0.534. The van der Waals surface area contributed by atoms with Crippen LogP contribution in [0.4, 0.5) is 0 Å². The van der Waals surface area contributed by atoms with E-state index in [2.05, 4.69) is 48.5 Å². The van der Waals surface area contributed by atoms with Crippen molar-refractivity contribution in [2.45, 2.75) is 11.8 Å². The Morgan fingerprint density at radius 1 is 0.750 bits per heavy atom. The molecule has 28 heavy (non-hydrogen) atoms. The van der Waals surface area contributed by atoms with Crippen molar-refractivity contribution in [1.29, 1.82) is 4.78 Å². The van der Waals surface area contributed by atoms with Crippen LogP contribution >= 0.6 is 0 Å². The average Bonchev–Trinajstić information content (AvgIpc) is 2.71. The van der Waals surface area contributed by atoms with Crippen molar-refractivity contribution in [3.8, 4) is 0 Å². The maximum absolute atomic E-state index is 12.9. The van der Waals surface area contributed by atoms with E-state index in [1.807, 2.05) is 31.2 Å². The molecule has 0 heterocycles. The van der Waals surface area contributed by atoms with Gasteiger partial charge >= 0.3 is 0 Å². The molecule has 0 aliphatic carbocycles. The van der Waals surface area contributed by atoms with Crippen molar-refractivity contribution in [3.05, 3.63) is 95.4 Å². The van der Waals surface area contributed by atoms with Crippen molar-refractivity contribution in [3.63, 3.8) is 0 Å². The van der Waals surface area contributed by atoms with Gasteiger partial charge in [-0.25, -0.2) is 8.99 Å². The molecular formula is C25H19NOS. The zero-order chi connectivity index (χ0) is 19.3. The van der Waals surface area contributed by atoms with E-state index in [1.54, 1.807) is 12.1 Å². The summed E-state index contributed by atoms with van der Waals surface area (Å²) in [5.74, 6) is 0. The van der Waals surface area contributed by atoms with Gasteiger partial charge in [-0.15, -0.1) is 0 Å². The standard InChI is InChI=1S/C25H19NOS/c1-17-5-12-22(13-6-17)28(26,27)16-15-18-7-8-21-10-9-19-3-2-4-20-11-14-23(18)25(21)24(19)20/h2-16,26H,1H3/b16-15+. The lowest BCUT2D eigenvalue weighted by atomic mass is 9.92. The van der Waals surface area contributed by atoms with Crippen LogP contribution in [0.1, 0.15) is 11.1 Å². The van der Waals surface area contributed by atoms with Crippen molar-refractivity contribution in [2.24, 2.45) is 0 Å². The molecule has 2 nitrogen and oxygen atoms in total. The summed E-state index contributed by atoms with van der Waals surface area (Å²) in [4.78, 5) is 0.534. The van der Waals surface area contributed by atoms with E-state index < -0.39 is 9.73 Å². The quantitative estimate of drug-likeness (QED) is 0.337. The highest BCUT2D eigenvalue weighted by Crippen LogP contribution is 2.36. The molecule has 0 aliphatic rings. The molecule has 1 N–H and O–H groups in total. The van der Waals surface area contributed by atoms with Crippen molar-refractivity contribution < 1.29 is 4.21 Å². The fourth-order valence-corrected chi connectivity index (χ4v) is 4.93. The third kappa shape index (κ3) is 2.67. The number of aryl methyl sites for hydroxylation is 1. The average molecular weight is 382 g/mol. The van der Waals surface area contributed by atoms with Gasteiger partial charge in [0, 0.05) is 5.41 Å². The van der Waals surface area contributed by atoms with Crippen LogP contribution in [0.2, 0.25) is 0 Å². The fourth-order valence-electron chi connectivity index (χ4n) is 3.89. The molecule has 0 saturated heterocycles. The summed E-state index contributed by atoms with van der Waals surface area (Å²) in [5, 5.41) is 8.78. The van der Waals surface area contributed by atoms with Gasteiger partial charge in [-0.3, -0.25) is 0 Å². The highest BCUT2D eigenvalue weighted by atomic mass is 32.2. The van der Waals surface area contributed by atoms with Crippen LogP contribution in [-0.4, -0.2) is 4.21 Å². The van der Waals surface area contributed by atoms with E-state index in [0.717, 1.165) is 16.5 Å². The first-order valence-corrected chi connectivity index (χ1v) is 10.9. The molecule has 1 unspecified atom stereocenters. The second-order valence-electron chi connectivity index (χ2n) is 7.23. The minimum Gasteiger partial charge on any atom is -0.245 e. The van der Waals surface area contributed by atoms with E-state index in [0.29, 0.717) is 4.90 Å². The van der Waals surface area contributed by atoms with Gasteiger partial charge in [0.05, 0.1) is 14.6 Å². The third-order valence-corrected chi connectivity index (χ3v) is 6.86. The Morgan fingerprint density at radius 3 is 2.07 bits per heavy atom. The van der Waals surface area contributed by atoms with E-state index in [1.165, 1.54) is 32.3 Å². The topological polar surface area (TPSA) is 40.9 Å². The van der Waals surface area contributed by atoms with Crippen LogP contribution in [0.5, 0.6) is 0 Å². The number of benzene rings is 5. The van der Waals surface area contributed by atoms with E-state index >= 15 is 0 Å². The second-order valence-corrected chi connectivity index (χ2v) is 9.17. The maximum atomic E-state index is 12.9. The summed E-state index contributed by atoms with van der Waals surface area (Å²) in [7, 11) is -2.99. The zero-order valence-electron chi connectivity index (χ0n) is 15.5. The summed E-state index contributed by atoms with van der Waals surface area (Å²) in [6.07, 6.45) is 1.83. The highest BCUT2D eigenvalue weighted by molar-refractivity contribution is 7.95. The molecule has 0 aliphatic heterocycles. The first-order valence-electron chi connectivity index (χ1n) is 9.23. The number of hydrogen-bond donors (Lipinski definition) is 1. The van der Waals surface area contributed by atoms with E-state index in [9.17, 15) is 4.21 Å². The number of rotatable bonds is 3. The smallest absolute Gasteiger partial charge is 0.0943 e. The van der Waals surface area contributed by atoms with Crippen LogP contribution in [0.3, 0.4) is 0 Å². The van der Waals surface area contributed by atoms with Crippen LogP contribution in [0.25, 0.3) is 38.4 Å². The van der Waals surface area contributed by atoms with E-state index in [4.69, 9.17) is 4.78 Å². The molecule has 0 aromatic heterocycles. The van der Waals surface area contributed by atoms with Crippen LogP contribution in [-0.2, 0) is 9.73 Å². The fraction of sp³-hybridized carbons (Fsp3) is 0.0400. The summed E-state index contributed by atoms with van der Waals surface area (Å²) in [6.45, 7) is 1.98. The predicted molar refractivity (Wildman–Crippen MR) is 119 cm³/mol. The SMILES string of the molecule is Cc1ccc(S(=N)(=O)/C=C/c2ccc3ccc4cccc5ccc2c3c45)cc1. The molecular weight excluding hydrogens is 362 g/mol. The predicted octanol–water partition coefficient (Wildman–Crippen LogP) is 6.97. The van der Waals surface area contributed by atoms with Crippen molar-refractivity contribution in [1.82, 2.24) is 0 Å². The van der Waals surface area contributed by atoms with Crippen molar-refractivity contribution in [2.75, 3.05) is 0 Å². The Bertz CT molecular complexity index is 1450. The van der Waals surface area contributed by atoms with Crippen LogP contribution in [0, 0.1) is 11.7 Å². The summed E-state index contributed by atoms with van der Waals surface area (Å²) < 4.78 is 21.3. The summed E-state index contributed by atoms with van der Waals surface area (Å²) >= 11 is 0. The first kappa shape index (κ1) is 17.0. The van der Waals surface area contributed by atoms with Gasteiger partial charge in [-0.2, -0.15) is 0 Å². The number of nitrogens with one attached hydrogen (secondary N) is 1. The third-order valence-electron chi connectivity index (χ3n) is 5.37. The molecule has 0 saturated carbocycles. The molecule has 5 aromatic carbocycles. The minimum atomic E-state index is -2.99. The normalized spacial score (nSPS) is 14.3. The molecule has 5 aromatic rings. The summed E-state index contributed by atoms with van der Waals surface area (Å²) in [5.41, 5.74) is 2.08. The van der Waals surface area contributed by atoms with Gasteiger partial charge in [0.15, 0.2) is 0 Å². The molecule has 0 fully saturated rings. The molecule has 3 heteroatoms. The molecule has 0 bridgehead atoms. The van der Waals surface area contributed by atoms with Crippen LogP contribution < -0.4 is 0 Å². The van der Waals surface area contributed by atoms with E-state index in [-0.39, 0.29) is 0 Å². The largest absolute Gasteiger partial charge is 0.245 e. The Morgan fingerprint density at radius 2 is 1.36 bits per heavy atom. The van der Waals surface area contributed by atoms with Crippen molar-refractivity contribution >= 4 is 48.1 Å². The molecule has 5 rings (SSSR count). The number of hydrogen-bond acceptors (Lipinski definition) is 2. The molecule has 1 atom stereocenters. The van der Waals surface area contributed by atoms with Gasteiger partial charge in [0.25, 0.3) is 0 Å².